The van der Waals surface area contributed by atoms with Gasteiger partial charge in [0.25, 0.3) is 0 Å². The first-order chi connectivity index (χ1) is 18.0. The molecule has 2 atom stereocenters. The number of hydrogen-bond acceptors (Lipinski definition) is 6. The summed E-state index contributed by atoms with van der Waals surface area (Å²) in [6.45, 7) is 8.25. The molecule has 1 aromatic rings. The predicted molar refractivity (Wildman–Crippen MR) is 150 cm³/mol. The number of amides is 1. The van der Waals surface area contributed by atoms with Crippen molar-refractivity contribution in [1.82, 2.24) is 14.9 Å². The van der Waals surface area contributed by atoms with E-state index >= 15 is 0 Å². The molecular weight excluding hydrogens is 522 g/mol. The minimum atomic E-state index is -1.19. The Morgan fingerprint density at radius 1 is 1.16 bits per heavy atom. The van der Waals surface area contributed by atoms with Gasteiger partial charge in [0.15, 0.2) is 0 Å². The predicted octanol–water partition coefficient (Wildman–Crippen LogP) is 5.98. The van der Waals surface area contributed by atoms with Crippen LogP contribution in [-0.2, 0) is 9.59 Å². The van der Waals surface area contributed by atoms with Crippen LogP contribution in [0.5, 0.6) is 5.88 Å². The van der Waals surface area contributed by atoms with E-state index in [0.717, 1.165) is 38.5 Å². The van der Waals surface area contributed by atoms with Gasteiger partial charge in [0.2, 0.25) is 17.1 Å². The Bertz CT molecular complexity index is 1110. The summed E-state index contributed by atoms with van der Waals surface area (Å²) in [7, 11) is 0. The van der Waals surface area contributed by atoms with Crippen molar-refractivity contribution in [2.45, 2.75) is 102 Å². The fourth-order valence-electron chi connectivity index (χ4n) is 5.67. The van der Waals surface area contributed by atoms with Crippen molar-refractivity contribution in [3.8, 4) is 17.7 Å². The first-order valence-corrected chi connectivity index (χ1v) is 14.9. The second kappa shape index (κ2) is 11.9. The van der Waals surface area contributed by atoms with E-state index in [-0.39, 0.29) is 34.7 Å². The van der Waals surface area contributed by atoms with Gasteiger partial charge in [-0.2, -0.15) is 4.98 Å². The van der Waals surface area contributed by atoms with Crippen LogP contribution in [0.4, 0.5) is 0 Å². The van der Waals surface area contributed by atoms with Gasteiger partial charge in [-0.15, -0.1) is 11.8 Å². The third kappa shape index (κ3) is 6.66. The summed E-state index contributed by atoms with van der Waals surface area (Å²) < 4.78 is 6.08. The zero-order valence-corrected chi connectivity index (χ0v) is 24.2. The molecule has 7 nitrogen and oxygen atoms in total. The number of rotatable bonds is 6. The highest BCUT2D eigenvalue weighted by Crippen LogP contribution is 2.44. The van der Waals surface area contributed by atoms with Gasteiger partial charge in [-0.25, -0.2) is 4.98 Å². The van der Waals surface area contributed by atoms with E-state index in [2.05, 4.69) is 28.7 Å². The number of carboxylic acids is 1. The standard InChI is InChI=1S/C29H38ClN3O4S/c1-19-5-7-20(8-6-19)25(34)33(29(15-14-28(2,3)4)16-18-38-24(29)26(35)36)21-9-11-22(12-10-21)37-23-13-17-31-27(30)32-23/h13,16-22,24H,5-12H2,1-4H3,(H,35,36)/t19-,20-,21-,22-,24?,29?. The molecule has 38 heavy (non-hydrogen) atoms. The molecular formula is C29H38ClN3O4S. The van der Waals surface area contributed by atoms with Gasteiger partial charge in [-0.1, -0.05) is 18.8 Å². The fraction of sp³-hybridized carbons (Fsp3) is 0.655. The molecule has 9 heteroatoms. The van der Waals surface area contributed by atoms with Crippen molar-refractivity contribution in [2.24, 2.45) is 17.3 Å². The molecule has 2 unspecified atom stereocenters. The van der Waals surface area contributed by atoms with Gasteiger partial charge in [-0.3, -0.25) is 9.59 Å². The zero-order chi connectivity index (χ0) is 27.5. The molecule has 1 aromatic heterocycles. The maximum atomic E-state index is 14.4. The van der Waals surface area contributed by atoms with Gasteiger partial charge < -0.3 is 14.7 Å². The third-order valence-corrected chi connectivity index (χ3v) is 9.01. The summed E-state index contributed by atoms with van der Waals surface area (Å²) in [5.74, 6) is 6.69. The van der Waals surface area contributed by atoms with E-state index in [1.165, 1.54) is 11.8 Å². The summed E-state index contributed by atoms with van der Waals surface area (Å²) in [5, 5.41) is 11.3. The van der Waals surface area contributed by atoms with Crippen LogP contribution in [-0.4, -0.2) is 54.8 Å². The summed E-state index contributed by atoms with van der Waals surface area (Å²) in [6, 6.07) is 1.56. The molecule has 0 spiro atoms. The lowest BCUT2D eigenvalue weighted by Crippen LogP contribution is -2.62. The summed E-state index contributed by atoms with van der Waals surface area (Å²) in [5.41, 5.74) is -1.53. The van der Waals surface area contributed by atoms with E-state index in [4.69, 9.17) is 16.3 Å². The molecule has 0 radical (unpaired) electrons. The van der Waals surface area contributed by atoms with Crippen molar-refractivity contribution in [3.05, 3.63) is 29.0 Å². The van der Waals surface area contributed by atoms with E-state index < -0.39 is 16.8 Å². The Kier molecular flexibility index (Phi) is 8.99. The molecule has 206 valence electrons. The van der Waals surface area contributed by atoms with Gasteiger partial charge in [0.05, 0.1) is 0 Å². The van der Waals surface area contributed by atoms with Crippen LogP contribution in [0, 0.1) is 29.1 Å². The largest absolute Gasteiger partial charge is 0.480 e. The van der Waals surface area contributed by atoms with Gasteiger partial charge in [-0.05, 0) is 101 Å². The molecule has 1 aliphatic heterocycles. The number of hydrogen-bond donors (Lipinski definition) is 1. The Balaban J connectivity index is 1.65. The molecule has 0 saturated heterocycles. The van der Waals surface area contributed by atoms with Gasteiger partial charge >= 0.3 is 5.97 Å². The van der Waals surface area contributed by atoms with Crippen LogP contribution in [0.3, 0.4) is 0 Å². The fourth-order valence-corrected chi connectivity index (χ4v) is 6.82. The van der Waals surface area contributed by atoms with E-state index in [1.807, 2.05) is 37.2 Å². The van der Waals surface area contributed by atoms with E-state index in [0.29, 0.717) is 24.6 Å². The number of carbonyl (C=O) groups is 2. The number of carbonyl (C=O) groups excluding carboxylic acids is 1. The van der Waals surface area contributed by atoms with Gasteiger partial charge in [0, 0.05) is 29.6 Å². The second-order valence-corrected chi connectivity index (χ2v) is 13.2. The minimum absolute atomic E-state index is 0.0467. The average molecular weight is 560 g/mol. The van der Waals surface area contributed by atoms with Crippen LogP contribution in [0.15, 0.2) is 23.7 Å². The molecule has 1 N–H and O–H groups in total. The van der Waals surface area contributed by atoms with Crippen LogP contribution < -0.4 is 4.74 Å². The highest BCUT2D eigenvalue weighted by molar-refractivity contribution is 8.03. The highest BCUT2D eigenvalue weighted by Gasteiger charge is 2.53. The lowest BCUT2D eigenvalue weighted by atomic mass is 9.79. The smallest absolute Gasteiger partial charge is 0.320 e. The number of aliphatic carboxylic acids is 1. The van der Waals surface area contributed by atoms with E-state index in [1.54, 1.807) is 12.3 Å². The lowest BCUT2D eigenvalue weighted by molar-refractivity contribution is -0.147. The zero-order valence-electron chi connectivity index (χ0n) is 22.7. The summed E-state index contributed by atoms with van der Waals surface area (Å²) >= 11 is 7.16. The Hall–Kier alpha value is -2.24. The maximum absolute atomic E-state index is 14.4. The first kappa shape index (κ1) is 28.8. The molecule has 4 rings (SSSR count). The van der Waals surface area contributed by atoms with Crippen molar-refractivity contribution in [2.75, 3.05) is 0 Å². The van der Waals surface area contributed by atoms with Crippen molar-refractivity contribution < 1.29 is 19.4 Å². The van der Waals surface area contributed by atoms with Crippen molar-refractivity contribution >= 4 is 35.2 Å². The Morgan fingerprint density at radius 3 is 2.45 bits per heavy atom. The van der Waals surface area contributed by atoms with Crippen molar-refractivity contribution in [1.29, 1.82) is 0 Å². The molecule has 2 fully saturated rings. The Labute approximate surface area is 235 Å². The SMILES string of the molecule is CC(C)(C)C#CC1(N(C(=O)[C@H]2CC[C@H](C)CC2)[C@H]2CC[C@H](Oc3ccnc(Cl)n3)CC2)C=CSC1C(=O)O. The number of aromatic nitrogens is 2. The number of halogens is 1. The summed E-state index contributed by atoms with van der Waals surface area (Å²) in [6.07, 6.45) is 9.89. The van der Waals surface area contributed by atoms with Crippen LogP contribution in [0.2, 0.25) is 5.28 Å². The monoisotopic (exact) mass is 559 g/mol. The van der Waals surface area contributed by atoms with Crippen LogP contribution in [0.25, 0.3) is 0 Å². The normalized spacial score (nSPS) is 31.2. The van der Waals surface area contributed by atoms with Crippen molar-refractivity contribution in [3.63, 3.8) is 0 Å². The number of ether oxygens (including phenoxy) is 1. The van der Waals surface area contributed by atoms with Gasteiger partial charge in [0.1, 0.15) is 16.9 Å². The third-order valence-electron chi connectivity index (χ3n) is 7.70. The highest BCUT2D eigenvalue weighted by atomic mass is 35.5. The summed E-state index contributed by atoms with van der Waals surface area (Å²) in [4.78, 5) is 36.8. The van der Waals surface area contributed by atoms with Crippen LogP contribution >= 0.6 is 23.4 Å². The molecule has 3 aliphatic rings. The molecule has 2 aliphatic carbocycles. The molecule has 0 bridgehead atoms. The minimum Gasteiger partial charge on any atom is -0.480 e. The van der Waals surface area contributed by atoms with E-state index in [9.17, 15) is 14.7 Å². The average Bonchev–Trinajstić information content (AvgIpc) is 3.29. The maximum Gasteiger partial charge on any atom is 0.320 e. The number of carboxylic acid groups (broad SMARTS) is 1. The first-order valence-electron chi connectivity index (χ1n) is 13.6. The number of nitrogens with zero attached hydrogens (tertiary/aromatic N) is 3. The molecule has 1 amide bonds. The quantitative estimate of drug-likeness (QED) is 0.338. The lowest BCUT2D eigenvalue weighted by Gasteiger charge is -2.48. The molecule has 2 saturated carbocycles. The molecule has 0 aromatic carbocycles. The Morgan fingerprint density at radius 2 is 1.84 bits per heavy atom. The molecule has 2 heterocycles. The topological polar surface area (TPSA) is 92.6 Å². The number of thioether (sulfide) groups is 1. The van der Waals surface area contributed by atoms with Crippen LogP contribution in [0.1, 0.15) is 79.1 Å². The second-order valence-electron chi connectivity index (χ2n) is 11.9.